The van der Waals surface area contributed by atoms with E-state index in [2.05, 4.69) is 4.98 Å². The topological polar surface area (TPSA) is 79.7 Å². The maximum atomic E-state index is 12.9. The molecule has 1 N–H and O–H groups in total. The molecule has 0 aliphatic carbocycles. The largest absolute Gasteiger partial charge is 0.481 e. The number of rotatable bonds is 9. The molecule has 6 nitrogen and oxygen atoms in total. The van der Waals surface area contributed by atoms with Crippen LogP contribution < -0.4 is 4.74 Å². The molecule has 2 rings (SSSR count). The molecule has 1 aromatic heterocycles. The number of carbonyl (C=O) groups excluding carboxylic acids is 1. The van der Waals surface area contributed by atoms with Crippen LogP contribution in [0.25, 0.3) is 0 Å². The number of carboxylic acids is 1. The Hall–Kier alpha value is -2.89. The fourth-order valence-corrected chi connectivity index (χ4v) is 2.48. The molecule has 0 aliphatic rings. The molecule has 0 atom stereocenters. The first-order chi connectivity index (χ1) is 12.5. The second kappa shape index (κ2) is 9.56. The second-order valence-electron chi connectivity index (χ2n) is 6.26. The number of hydrogen-bond acceptors (Lipinski definition) is 4. The molecular formula is C20H24N2O4. The summed E-state index contributed by atoms with van der Waals surface area (Å²) in [6.07, 6.45) is 1.93. The van der Waals surface area contributed by atoms with Gasteiger partial charge in [0, 0.05) is 31.8 Å². The molecule has 1 amide bonds. The summed E-state index contributed by atoms with van der Waals surface area (Å²) in [4.78, 5) is 29.5. The lowest BCUT2D eigenvalue weighted by Crippen LogP contribution is -2.32. The summed E-state index contributed by atoms with van der Waals surface area (Å²) < 4.78 is 5.50. The highest BCUT2D eigenvalue weighted by atomic mass is 16.5. The van der Waals surface area contributed by atoms with Crippen LogP contribution in [-0.2, 0) is 11.3 Å². The van der Waals surface area contributed by atoms with Crippen molar-refractivity contribution in [3.8, 4) is 5.88 Å². The highest BCUT2D eigenvalue weighted by Crippen LogP contribution is 2.14. The molecule has 0 aliphatic heterocycles. The van der Waals surface area contributed by atoms with E-state index in [1.807, 2.05) is 44.2 Å². The molecule has 0 spiro atoms. The zero-order valence-electron chi connectivity index (χ0n) is 15.1. The van der Waals surface area contributed by atoms with Gasteiger partial charge >= 0.3 is 5.97 Å². The zero-order chi connectivity index (χ0) is 18.9. The maximum Gasteiger partial charge on any atom is 0.303 e. The minimum Gasteiger partial charge on any atom is -0.481 e. The zero-order valence-corrected chi connectivity index (χ0v) is 15.1. The van der Waals surface area contributed by atoms with Crippen LogP contribution in [0.3, 0.4) is 0 Å². The van der Waals surface area contributed by atoms with Gasteiger partial charge in [0.25, 0.3) is 5.91 Å². The Morgan fingerprint density at radius 3 is 2.46 bits per heavy atom. The van der Waals surface area contributed by atoms with Crippen molar-refractivity contribution in [2.24, 2.45) is 0 Å². The van der Waals surface area contributed by atoms with E-state index in [0.29, 0.717) is 31.0 Å². The van der Waals surface area contributed by atoms with Gasteiger partial charge in [0.2, 0.25) is 5.88 Å². The van der Waals surface area contributed by atoms with Gasteiger partial charge in [0.05, 0.1) is 11.7 Å². The number of amides is 1. The molecule has 0 radical (unpaired) electrons. The smallest absolute Gasteiger partial charge is 0.303 e. The molecule has 0 fully saturated rings. The van der Waals surface area contributed by atoms with E-state index in [9.17, 15) is 9.59 Å². The van der Waals surface area contributed by atoms with Crippen LogP contribution >= 0.6 is 0 Å². The summed E-state index contributed by atoms with van der Waals surface area (Å²) in [5.41, 5.74) is 1.44. The van der Waals surface area contributed by atoms with Crippen molar-refractivity contribution in [2.45, 2.75) is 39.3 Å². The lowest BCUT2D eigenvalue weighted by atomic mass is 10.1. The van der Waals surface area contributed by atoms with Gasteiger partial charge < -0.3 is 14.7 Å². The predicted octanol–water partition coefficient (Wildman–Crippen LogP) is 3.38. The van der Waals surface area contributed by atoms with E-state index < -0.39 is 5.97 Å². The first kappa shape index (κ1) is 19.4. The Morgan fingerprint density at radius 2 is 1.88 bits per heavy atom. The van der Waals surface area contributed by atoms with E-state index in [1.165, 1.54) is 6.20 Å². The maximum absolute atomic E-state index is 12.9. The van der Waals surface area contributed by atoms with Gasteiger partial charge in [-0.05, 0) is 31.9 Å². The molecule has 138 valence electrons. The van der Waals surface area contributed by atoms with Crippen LogP contribution in [0.5, 0.6) is 5.88 Å². The van der Waals surface area contributed by atoms with E-state index in [-0.39, 0.29) is 18.4 Å². The van der Waals surface area contributed by atoms with Crippen molar-refractivity contribution < 1.29 is 19.4 Å². The van der Waals surface area contributed by atoms with Crippen LogP contribution in [0.15, 0.2) is 48.7 Å². The van der Waals surface area contributed by atoms with Gasteiger partial charge in [-0.15, -0.1) is 0 Å². The average Bonchev–Trinajstić information content (AvgIpc) is 2.61. The monoisotopic (exact) mass is 356 g/mol. The van der Waals surface area contributed by atoms with Crippen molar-refractivity contribution in [3.63, 3.8) is 0 Å². The van der Waals surface area contributed by atoms with Crippen LogP contribution in [0.1, 0.15) is 42.6 Å². The molecule has 0 unspecified atom stereocenters. The summed E-state index contributed by atoms with van der Waals surface area (Å²) in [6.45, 7) is 4.60. The highest BCUT2D eigenvalue weighted by molar-refractivity contribution is 5.94. The summed E-state index contributed by atoms with van der Waals surface area (Å²) in [5.74, 6) is -0.575. The Labute approximate surface area is 153 Å². The number of benzene rings is 1. The Bertz CT molecular complexity index is 714. The number of aliphatic carboxylic acids is 1. The van der Waals surface area contributed by atoms with Crippen molar-refractivity contribution in [1.29, 1.82) is 0 Å². The van der Waals surface area contributed by atoms with Crippen molar-refractivity contribution in [3.05, 3.63) is 59.8 Å². The first-order valence-corrected chi connectivity index (χ1v) is 8.63. The van der Waals surface area contributed by atoms with Crippen LogP contribution in [0.4, 0.5) is 0 Å². The second-order valence-corrected chi connectivity index (χ2v) is 6.26. The summed E-state index contributed by atoms with van der Waals surface area (Å²) in [7, 11) is 0. The average molecular weight is 356 g/mol. The number of carboxylic acid groups (broad SMARTS) is 1. The van der Waals surface area contributed by atoms with Gasteiger partial charge in [-0.3, -0.25) is 9.59 Å². The fourth-order valence-electron chi connectivity index (χ4n) is 2.48. The van der Waals surface area contributed by atoms with E-state index in [1.54, 1.807) is 17.0 Å². The van der Waals surface area contributed by atoms with E-state index in [0.717, 1.165) is 5.56 Å². The molecular weight excluding hydrogens is 332 g/mol. The number of nitrogens with zero attached hydrogens (tertiary/aromatic N) is 2. The molecule has 26 heavy (non-hydrogen) atoms. The van der Waals surface area contributed by atoms with Crippen molar-refractivity contribution in [2.75, 3.05) is 6.54 Å². The summed E-state index contributed by atoms with van der Waals surface area (Å²) >= 11 is 0. The number of carbonyl (C=O) groups is 2. The van der Waals surface area contributed by atoms with Gasteiger partial charge in [-0.1, -0.05) is 30.3 Å². The minimum atomic E-state index is -0.867. The molecule has 0 saturated carbocycles. The molecule has 2 aromatic rings. The van der Waals surface area contributed by atoms with Gasteiger partial charge in [0.15, 0.2) is 0 Å². The molecule has 0 bridgehead atoms. The SMILES string of the molecule is CC(C)Oc1ccc(C(=O)N(CCCC(=O)O)Cc2ccccc2)cn1. The fraction of sp³-hybridized carbons (Fsp3) is 0.350. The lowest BCUT2D eigenvalue weighted by Gasteiger charge is -2.23. The number of hydrogen-bond donors (Lipinski definition) is 1. The number of aromatic nitrogens is 1. The van der Waals surface area contributed by atoms with Gasteiger partial charge in [-0.25, -0.2) is 4.98 Å². The van der Waals surface area contributed by atoms with E-state index >= 15 is 0 Å². The van der Waals surface area contributed by atoms with Crippen LogP contribution in [0.2, 0.25) is 0 Å². The first-order valence-electron chi connectivity index (χ1n) is 8.63. The third-order valence-electron chi connectivity index (χ3n) is 3.66. The van der Waals surface area contributed by atoms with Crippen molar-refractivity contribution in [1.82, 2.24) is 9.88 Å². The van der Waals surface area contributed by atoms with Crippen LogP contribution in [-0.4, -0.2) is 39.5 Å². The Balaban J connectivity index is 2.11. The minimum absolute atomic E-state index is 0.00893. The standard InChI is InChI=1S/C20H24N2O4/c1-15(2)26-18-11-10-17(13-21-18)20(25)22(12-6-9-19(23)24)14-16-7-4-3-5-8-16/h3-5,7-8,10-11,13,15H,6,9,12,14H2,1-2H3,(H,23,24). The normalized spacial score (nSPS) is 10.6. The van der Waals surface area contributed by atoms with Gasteiger partial charge in [0.1, 0.15) is 0 Å². The quantitative estimate of drug-likeness (QED) is 0.745. The van der Waals surface area contributed by atoms with Gasteiger partial charge in [-0.2, -0.15) is 0 Å². The lowest BCUT2D eigenvalue weighted by molar-refractivity contribution is -0.137. The molecule has 1 heterocycles. The van der Waals surface area contributed by atoms with Crippen LogP contribution in [0, 0.1) is 0 Å². The number of pyridine rings is 1. The molecule has 1 aromatic carbocycles. The Morgan fingerprint density at radius 1 is 1.15 bits per heavy atom. The Kier molecular flexibility index (Phi) is 7.14. The third kappa shape index (κ3) is 6.20. The number of ether oxygens (including phenoxy) is 1. The molecule has 6 heteroatoms. The molecule has 0 saturated heterocycles. The predicted molar refractivity (Wildman–Crippen MR) is 98.1 cm³/mol. The van der Waals surface area contributed by atoms with Crippen molar-refractivity contribution >= 4 is 11.9 Å². The third-order valence-corrected chi connectivity index (χ3v) is 3.66. The summed E-state index contributed by atoms with van der Waals surface area (Å²) in [6, 6.07) is 13.0. The summed E-state index contributed by atoms with van der Waals surface area (Å²) in [5, 5.41) is 8.85. The highest BCUT2D eigenvalue weighted by Gasteiger charge is 2.17. The van der Waals surface area contributed by atoms with E-state index in [4.69, 9.17) is 9.84 Å².